The average molecular weight is 210 g/mol. The quantitative estimate of drug-likeness (QED) is 0.723. The van der Waals surface area contributed by atoms with Crippen LogP contribution in [0, 0.1) is 0 Å². The number of nitrogens with zero attached hydrogens (tertiary/aromatic N) is 1. The van der Waals surface area contributed by atoms with Crippen LogP contribution in [-0.4, -0.2) is 10.5 Å². The maximum Gasteiger partial charge on any atom is 0.358 e. The van der Waals surface area contributed by atoms with Crippen molar-refractivity contribution >= 4 is 28.7 Å². The Morgan fingerprint density at radius 2 is 2.14 bits per heavy atom. The summed E-state index contributed by atoms with van der Waals surface area (Å²) in [6.45, 7) is 0. The second-order valence-electron chi connectivity index (χ2n) is 3.04. The van der Waals surface area contributed by atoms with Gasteiger partial charge in [0.25, 0.3) is 0 Å². The van der Waals surface area contributed by atoms with E-state index in [-0.39, 0.29) is 0 Å². The fraction of sp³-hybridized carbons (Fsp3) is 0.100. The van der Waals surface area contributed by atoms with Crippen LogP contribution in [0.25, 0.3) is 10.9 Å². The van der Waals surface area contributed by atoms with Crippen molar-refractivity contribution in [3.63, 3.8) is 0 Å². The number of aryl methyl sites for hydroxylation is 1. The molecular formula is C10H8ClNO2. The van der Waals surface area contributed by atoms with Crippen molar-refractivity contribution in [1.29, 1.82) is 0 Å². The van der Waals surface area contributed by atoms with E-state index in [2.05, 4.69) is 4.29 Å². The van der Waals surface area contributed by atoms with Crippen LogP contribution in [0.15, 0.2) is 30.5 Å². The molecule has 2 rings (SSSR count). The van der Waals surface area contributed by atoms with Gasteiger partial charge in [0.2, 0.25) is 0 Å². The number of carbonyl (C=O) groups excluding carboxylic acids is 1. The number of benzene rings is 1. The smallest absolute Gasteiger partial charge is 0.350 e. The van der Waals surface area contributed by atoms with Gasteiger partial charge in [0.05, 0.1) is 5.56 Å². The van der Waals surface area contributed by atoms with E-state index in [0.717, 1.165) is 10.9 Å². The second-order valence-corrected chi connectivity index (χ2v) is 3.19. The van der Waals surface area contributed by atoms with E-state index in [1.807, 2.05) is 35.9 Å². The lowest BCUT2D eigenvalue weighted by molar-refractivity contribution is 0.0753. The van der Waals surface area contributed by atoms with Crippen molar-refractivity contribution in [2.75, 3.05) is 0 Å². The van der Waals surface area contributed by atoms with Crippen molar-refractivity contribution in [1.82, 2.24) is 4.57 Å². The maximum absolute atomic E-state index is 11.3. The summed E-state index contributed by atoms with van der Waals surface area (Å²) in [6, 6.07) is 7.57. The standard InChI is InChI=1S/C10H8ClNO2/c1-12-6-8(10(13)14-11)7-4-2-3-5-9(7)12/h2-6H,1H3. The Morgan fingerprint density at radius 3 is 2.86 bits per heavy atom. The van der Waals surface area contributed by atoms with Crippen LogP contribution in [-0.2, 0) is 11.3 Å². The molecule has 0 aliphatic heterocycles. The third-order valence-electron chi connectivity index (χ3n) is 2.19. The van der Waals surface area contributed by atoms with Crippen LogP contribution in [0.2, 0.25) is 0 Å². The van der Waals surface area contributed by atoms with Gasteiger partial charge < -0.3 is 8.86 Å². The molecule has 0 aliphatic carbocycles. The Labute approximate surface area is 86.0 Å². The molecule has 2 aromatic rings. The molecule has 3 nitrogen and oxygen atoms in total. The second kappa shape index (κ2) is 3.35. The Morgan fingerprint density at radius 1 is 1.43 bits per heavy atom. The van der Waals surface area contributed by atoms with Gasteiger partial charge >= 0.3 is 5.97 Å². The molecule has 0 atom stereocenters. The number of halogens is 1. The summed E-state index contributed by atoms with van der Waals surface area (Å²) in [5, 5.41) is 0.848. The van der Waals surface area contributed by atoms with Crippen molar-refractivity contribution in [2.24, 2.45) is 7.05 Å². The van der Waals surface area contributed by atoms with E-state index in [1.54, 1.807) is 6.20 Å². The molecule has 0 aliphatic rings. The zero-order valence-electron chi connectivity index (χ0n) is 7.53. The third-order valence-corrected chi connectivity index (χ3v) is 2.33. The molecule has 0 radical (unpaired) electrons. The van der Waals surface area contributed by atoms with E-state index in [4.69, 9.17) is 11.9 Å². The van der Waals surface area contributed by atoms with Crippen LogP contribution in [0.4, 0.5) is 0 Å². The normalized spacial score (nSPS) is 10.4. The SMILES string of the molecule is Cn1cc(C(=O)OCl)c2ccccc21. The van der Waals surface area contributed by atoms with Crippen molar-refractivity contribution in [3.8, 4) is 0 Å². The van der Waals surface area contributed by atoms with E-state index in [0.29, 0.717) is 5.56 Å². The van der Waals surface area contributed by atoms with E-state index >= 15 is 0 Å². The highest BCUT2D eigenvalue weighted by Crippen LogP contribution is 2.21. The van der Waals surface area contributed by atoms with Crippen molar-refractivity contribution < 1.29 is 9.08 Å². The number of para-hydroxylation sites is 1. The first-order valence-electron chi connectivity index (χ1n) is 4.11. The monoisotopic (exact) mass is 209 g/mol. The van der Waals surface area contributed by atoms with E-state index < -0.39 is 5.97 Å². The molecule has 72 valence electrons. The van der Waals surface area contributed by atoms with Gasteiger partial charge in [-0.2, -0.15) is 0 Å². The summed E-state index contributed by atoms with van der Waals surface area (Å²) in [4.78, 5) is 11.3. The molecule has 0 N–H and O–H groups in total. The number of hydrogen-bond donors (Lipinski definition) is 0. The van der Waals surface area contributed by atoms with Gasteiger partial charge in [-0.25, -0.2) is 4.79 Å². The molecule has 4 heteroatoms. The minimum atomic E-state index is -0.525. The molecular weight excluding hydrogens is 202 g/mol. The van der Waals surface area contributed by atoms with Crippen LogP contribution in [0.1, 0.15) is 10.4 Å². The molecule has 0 bridgehead atoms. The zero-order valence-corrected chi connectivity index (χ0v) is 8.28. The maximum atomic E-state index is 11.3. The lowest BCUT2D eigenvalue weighted by atomic mass is 10.2. The molecule has 0 amide bonds. The minimum Gasteiger partial charge on any atom is -0.350 e. The van der Waals surface area contributed by atoms with Crippen LogP contribution in [0.5, 0.6) is 0 Å². The first-order chi connectivity index (χ1) is 6.74. The highest BCUT2D eigenvalue weighted by molar-refractivity contribution is 6.18. The van der Waals surface area contributed by atoms with E-state index in [9.17, 15) is 4.79 Å². The molecule has 0 fully saturated rings. The number of rotatable bonds is 1. The molecule has 0 spiro atoms. The predicted octanol–water partition coefficient (Wildman–Crippen LogP) is 2.49. The summed E-state index contributed by atoms with van der Waals surface area (Å²) in [5.74, 6) is -0.525. The summed E-state index contributed by atoms with van der Waals surface area (Å²) in [7, 11) is 1.87. The van der Waals surface area contributed by atoms with Gasteiger partial charge in [-0.1, -0.05) is 18.2 Å². The topological polar surface area (TPSA) is 31.2 Å². The Hall–Kier alpha value is -1.48. The number of carbonyl (C=O) groups is 1. The van der Waals surface area contributed by atoms with Gasteiger partial charge in [0.15, 0.2) is 0 Å². The summed E-state index contributed by atoms with van der Waals surface area (Å²) in [6.07, 6.45) is 1.70. The molecule has 14 heavy (non-hydrogen) atoms. The first-order valence-corrected chi connectivity index (χ1v) is 4.42. The lowest BCUT2D eigenvalue weighted by Crippen LogP contribution is -1.96. The molecule has 0 unspecified atom stereocenters. The predicted molar refractivity (Wildman–Crippen MR) is 54.2 cm³/mol. The summed E-state index contributed by atoms with van der Waals surface area (Å²) < 4.78 is 6.04. The Balaban J connectivity index is 2.72. The van der Waals surface area contributed by atoms with Crippen molar-refractivity contribution in [3.05, 3.63) is 36.0 Å². The largest absolute Gasteiger partial charge is 0.358 e. The van der Waals surface area contributed by atoms with Gasteiger partial charge in [-0.15, -0.1) is 0 Å². The fourth-order valence-electron chi connectivity index (χ4n) is 1.55. The fourth-order valence-corrected chi connectivity index (χ4v) is 1.63. The highest BCUT2D eigenvalue weighted by atomic mass is 35.5. The zero-order chi connectivity index (χ0) is 10.1. The van der Waals surface area contributed by atoms with Gasteiger partial charge in [0, 0.05) is 24.1 Å². The first kappa shape index (κ1) is 9.09. The number of hydrogen-bond acceptors (Lipinski definition) is 2. The summed E-state index contributed by atoms with van der Waals surface area (Å²) in [5.41, 5.74) is 1.46. The lowest BCUT2D eigenvalue weighted by Gasteiger charge is -1.93. The molecule has 1 aromatic carbocycles. The van der Waals surface area contributed by atoms with Gasteiger partial charge in [0.1, 0.15) is 11.9 Å². The Kier molecular flexibility index (Phi) is 2.17. The van der Waals surface area contributed by atoms with Crippen molar-refractivity contribution in [2.45, 2.75) is 0 Å². The minimum absolute atomic E-state index is 0.484. The molecule has 0 saturated carbocycles. The van der Waals surface area contributed by atoms with E-state index in [1.165, 1.54) is 0 Å². The molecule has 0 saturated heterocycles. The highest BCUT2D eigenvalue weighted by Gasteiger charge is 2.13. The van der Waals surface area contributed by atoms with Crippen LogP contribution in [0.3, 0.4) is 0 Å². The van der Waals surface area contributed by atoms with Crippen LogP contribution >= 0.6 is 11.9 Å². The third kappa shape index (κ3) is 1.26. The van der Waals surface area contributed by atoms with Gasteiger partial charge in [-0.3, -0.25) is 0 Å². The van der Waals surface area contributed by atoms with Crippen LogP contribution < -0.4 is 0 Å². The molecule has 1 aromatic heterocycles. The molecule has 1 heterocycles. The number of fused-ring (bicyclic) bond motifs is 1. The average Bonchev–Trinajstić information content (AvgIpc) is 2.56. The Bertz CT molecular complexity index is 490. The van der Waals surface area contributed by atoms with Gasteiger partial charge in [-0.05, 0) is 6.07 Å². The number of aromatic nitrogens is 1. The summed E-state index contributed by atoms with van der Waals surface area (Å²) >= 11 is 5.04.